The zero-order valence-electron chi connectivity index (χ0n) is 13.8. The van der Waals surface area contributed by atoms with Crippen LogP contribution in [-0.4, -0.2) is 46.6 Å². The molecule has 2 aromatic rings. The third-order valence-corrected chi connectivity index (χ3v) is 5.00. The Bertz CT molecular complexity index is 854. The average molecular weight is 366 g/mol. The Balaban J connectivity index is 1.70. The Kier molecular flexibility index (Phi) is 3.72. The number of rotatable bonds is 2. The van der Waals surface area contributed by atoms with E-state index < -0.39 is 24.2 Å². The number of aromatic nitrogens is 2. The van der Waals surface area contributed by atoms with Crippen molar-refractivity contribution in [3.05, 3.63) is 35.8 Å². The number of nitrogens with one attached hydrogen (secondary N) is 1. The number of alkyl halides is 3. The predicted octanol–water partition coefficient (Wildman–Crippen LogP) is 2.42. The van der Waals surface area contributed by atoms with Crippen molar-refractivity contribution in [3.8, 4) is 17.0 Å². The topological polar surface area (TPSA) is 84.2 Å². The molecular formula is C17H17F3N4O2. The van der Waals surface area contributed by atoms with Crippen LogP contribution in [0.15, 0.2) is 24.5 Å². The van der Waals surface area contributed by atoms with Crippen molar-refractivity contribution in [2.45, 2.75) is 24.6 Å². The second kappa shape index (κ2) is 5.73. The molecule has 0 unspecified atom stereocenters. The van der Waals surface area contributed by atoms with Crippen molar-refractivity contribution >= 4 is 5.91 Å². The summed E-state index contributed by atoms with van der Waals surface area (Å²) in [5.41, 5.74) is 7.09. The number of carbonyl (C=O) groups is 1. The summed E-state index contributed by atoms with van der Waals surface area (Å²) >= 11 is 0. The van der Waals surface area contributed by atoms with E-state index in [1.807, 2.05) is 0 Å². The number of primary amides is 1. The van der Waals surface area contributed by atoms with Gasteiger partial charge in [0, 0.05) is 43.3 Å². The van der Waals surface area contributed by atoms with E-state index in [4.69, 9.17) is 10.5 Å². The van der Waals surface area contributed by atoms with Crippen LogP contribution in [0.3, 0.4) is 0 Å². The molecule has 9 heteroatoms. The molecule has 4 rings (SSSR count). The van der Waals surface area contributed by atoms with Crippen LogP contribution in [0, 0.1) is 0 Å². The molecule has 0 radical (unpaired) electrons. The molecule has 0 aromatic carbocycles. The summed E-state index contributed by atoms with van der Waals surface area (Å²) in [4.78, 5) is 20.1. The lowest BCUT2D eigenvalue weighted by Crippen LogP contribution is -2.49. The zero-order valence-corrected chi connectivity index (χ0v) is 13.8. The van der Waals surface area contributed by atoms with Gasteiger partial charge in [0.2, 0.25) is 0 Å². The van der Waals surface area contributed by atoms with Gasteiger partial charge in [0.05, 0.1) is 18.4 Å². The van der Waals surface area contributed by atoms with Crippen LogP contribution in [0.5, 0.6) is 5.75 Å². The molecule has 0 atom stereocenters. The number of hydrogen-bond donors (Lipinski definition) is 2. The van der Waals surface area contributed by atoms with Gasteiger partial charge in [-0.25, -0.2) is 0 Å². The van der Waals surface area contributed by atoms with Crippen molar-refractivity contribution in [3.63, 3.8) is 0 Å². The Morgan fingerprint density at radius 2 is 2.12 bits per heavy atom. The average Bonchev–Trinajstić information content (AvgIpc) is 3.03. The number of aromatic amines is 1. The smallest absolute Gasteiger partial charge is 0.401 e. The van der Waals surface area contributed by atoms with Gasteiger partial charge in [0.15, 0.2) is 0 Å². The number of nitrogens with two attached hydrogens (primary N) is 1. The number of ether oxygens (including phenoxy) is 1. The van der Waals surface area contributed by atoms with Gasteiger partial charge in [-0.3, -0.25) is 14.7 Å². The lowest BCUT2D eigenvalue weighted by Gasteiger charge is -2.44. The minimum absolute atomic E-state index is 0.242. The maximum absolute atomic E-state index is 12.7. The summed E-state index contributed by atoms with van der Waals surface area (Å²) in [5.74, 6) is -0.0539. The van der Waals surface area contributed by atoms with E-state index in [0.29, 0.717) is 24.3 Å². The summed E-state index contributed by atoms with van der Waals surface area (Å²) in [6.07, 6.45) is -0.290. The Morgan fingerprint density at radius 1 is 1.38 bits per heavy atom. The third kappa shape index (κ3) is 2.82. The van der Waals surface area contributed by atoms with Gasteiger partial charge >= 0.3 is 6.18 Å². The molecule has 4 heterocycles. The second-order valence-electron chi connectivity index (χ2n) is 6.70. The Morgan fingerprint density at radius 3 is 2.77 bits per heavy atom. The van der Waals surface area contributed by atoms with E-state index >= 15 is 0 Å². The zero-order chi connectivity index (χ0) is 18.5. The normalized spacial score (nSPS) is 18.9. The Labute approximate surface area is 147 Å². The van der Waals surface area contributed by atoms with Crippen LogP contribution in [0.2, 0.25) is 0 Å². The SMILES string of the molecule is NC(=O)c1cc2c([nH]1)-c1ccncc1OC21CCN(CC(F)(F)F)CC1. The first-order chi connectivity index (χ1) is 12.3. The van der Waals surface area contributed by atoms with E-state index in [9.17, 15) is 18.0 Å². The van der Waals surface area contributed by atoms with Gasteiger partial charge in [-0.2, -0.15) is 13.2 Å². The lowest BCUT2D eigenvalue weighted by atomic mass is 9.81. The first kappa shape index (κ1) is 16.9. The fourth-order valence-electron chi connectivity index (χ4n) is 3.79. The van der Waals surface area contributed by atoms with Crippen molar-refractivity contribution < 1.29 is 22.7 Å². The number of halogens is 3. The number of likely N-dealkylation sites (tertiary alicyclic amines) is 1. The van der Waals surface area contributed by atoms with Crippen molar-refractivity contribution in [1.29, 1.82) is 0 Å². The molecule has 138 valence electrons. The van der Waals surface area contributed by atoms with E-state index in [0.717, 1.165) is 11.1 Å². The summed E-state index contributed by atoms with van der Waals surface area (Å²) in [6, 6.07) is 3.42. The summed E-state index contributed by atoms with van der Waals surface area (Å²) in [7, 11) is 0. The van der Waals surface area contributed by atoms with Gasteiger partial charge in [-0.15, -0.1) is 0 Å². The predicted molar refractivity (Wildman–Crippen MR) is 86.6 cm³/mol. The van der Waals surface area contributed by atoms with Gasteiger partial charge in [-0.05, 0) is 12.1 Å². The molecule has 0 bridgehead atoms. The second-order valence-corrected chi connectivity index (χ2v) is 6.70. The number of fused-ring (bicyclic) bond motifs is 4. The van der Waals surface area contributed by atoms with Crippen LogP contribution in [0.4, 0.5) is 13.2 Å². The molecule has 0 saturated carbocycles. The highest BCUT2D eigenvalue weighted by atomic mass is 19.4. The lowest BCUT2D eigenvalue weighted by molar-refractivity contribution is -0.153. The van der Waals surface area contributed by atoms with Crippen LogP contribution in [0.1, 0.15) is 28.9 Å². The van der Waals surface area contributed by atoms with Gasteiger partial charge in [-0.1, -0.05) is 0 Å². The molecule has 2 aromatic heterocycles. The van der Waals surface area contributed by atoms with Crippen molar-refractivity contribution in [2.75, 3.05) is 19.6 Å². The molecule has 26 heavy (non-hydrogen) atoms. The summed E-state index contributed by atoms with van der Waals surface area (Å²) in [6.45, 7) is -0.453. The molecule has 1 amide bonds. The number of carbonyl (C=O) groups excluding carboxylic acids is 1. The fourth-order valence-corrected chi connectivity index (χ4v) is 3.79. The molecule has 1 spiro atoms. The quantitative estimate of drug-likeness (QED) is 0.855. The number of H-pyrrole nitrogens is 1. The number of pyridine rings is 1. The third-order valence-electron chi connectivity index (χ3n) is 5.00. The molecular weight excluding hydrogens is 349 g/mol. The minimum Gasteiger partial charge on any atom is -0.480 e. The minimum atomic E-state index is -4.23. The van der Waals surface area contributed by atoms with Crippen LogP contribution in [-0.2, 0) is 5.60 Å². The maximum Gasteiger partial charge on any atom is 0.401 e. The first-order valence-corrected chi connectivity index (χ1v) is 8.23. The number of piperidine rings is 1. The molecule has 6 nitrogen and oxygen atoms in total. The van der Waals surface area contributed by atoms with E-state index in [1.54, 1.807) is 24.5 Å². The molecule has 0 aliphatic carbocycles. The standard InChI is InChI=1S/C17H17F3N4O2/c18-17(19,20)9-24-5-2-16(3-6-24)11-7-12(15(21)25)23-14(11)10-1-4-22-8-13(10)26-16/h1,4,7-8,23H,2-3,5-6,9H2,(H2,21,25). The van der Waals surface area contributed by atoms with Crippen LogP contribution in [0.25, 0.3) is 11.3 Å². The highest BCUT2D eigenvalue weighted by Gasteiger charge is 2.46. The van der Waals surface area contributed by atoms with Crippen LogP contribution < -0.4 is 10.5 Å². The van der Waals surface area contributed by atoms with Crippen molar-refractivity contribution in [2.24, 2.45) is 5.73 Å². The summed E-state index contributed by atoms with van der Waals surface area (Å²) in [5, 5.41) is 0. The fraction of sp³-hybridized carbons (Fsp3) is 0.412. The van der Waals surface area contributed by atoms with Crippen LogP contribution >= 0.6 is 0 Å². The molecule has 3 N–H and O–H groups in total. The first-order valence-electron chi connectivity index (χ1n) is 8.23. The maximum atomic E-state index is 12.7. The van der Waals surface area contributed by atoms with Gasteiger partial charge in [0.1, 0.15) is 17.0 Å². The monoisotopic (exact) mass is 366 g/mol. The van der Waals surface area contributed by atoms with E-state index in [2.05, 4.69) is 9.97 Å². The van der Waals surface area contributed by atoms with Gasteiger partial charge in [0.25, 0.3) is 5.91 Å². The molecule has 1 saturated heterocycles. The van der Waals surface area contributed by atoms with E-state index in [1.165, 1.54) is 4.90 Å². The summed E-state index contributed by atoms with van der Waals surface area (Å²) < 4.78 is 44.2. The van der Waals surface area contributed by atoms with Gasteiger partial charge < -0.3 is 15.5 Å². The highest BCUT2D eigenvalue weighted by Crippen LogP contribution is 2.49. The number of hydrogen-bond acceptors (Lipinski definition) is 4. The molecule has 2 aliphatic heterocycles. The highest BCUT2D eigenvalue weighted by molar-refractivity contribution is 5.93. The number of nitrogens with zero attached hydrogens (tertiary/aromatic N) is 2. The number of amides is 1. The molecule has 2 aliphatic rings. The largest absolute Gasteiger partial charge is 0.480 e. The Hall–Kier alpha value is -2.55. The van der Waals surface area contributed by atoms with Crippen molar-refractivity contribution in [1.82, 2.24) is 14.9 Å². The van der Waals surface area contributed by atoms with E-state index in [-0.39, 0.29) is 18.8 Å². The molecule has 1 fully saturated rings.